The Morgan fingerprint density at radius 1 is 1.71 bits per heavy atom. The topological polar surface area (TPSA) is 12.0 Å². The lowest BCUT2D eigenvalue weighted by Crippen LogP contribution is -2.03. The van der Waals surface area contributed by atoms with Crippen LogP contribution in [0.4, 0.5) is 0 Å². The second-order valence-corrected chi connectivity index (χ2v) is 3.65. The van der Waals surface area contributed by atoms with Crippen molar-refractivity contribution in [2.45, 2.75) is 0 Å². The fraction of sp³-hybridized carbons (Fsp3) is 0.600. The minimum atomic E-state index is 0.0724. The number of rotatable bonds is 3. The van der Waals surface area contributed by atoms with Gasteiger partial charge in [0.2, 0.25) is 0 Å². The van der Waals surface area contributed by atoms with Gasteiger partial charge in [-0.25, -0.2) is 0 Å². The van der Waals surface area contributed by atoms with Gasteiger partial charge in [-0.2, -0.15) is 0 Å². The molecule has 7 heavy (non-hydrogen) atoms. The molecule has 0 saturated carbocycles. The summed E-state index contributed by atoms with van der Waals surface area (Å²) < 4.78 is 0. The van der Waals surface area contributed by atoms with Gasteiger partial charge in [0.15, 0.2) is 0 Å². The lowest BCUT2D eigenvalue weighted by Gasteiger charge is -2.02. The highest BCUT2D eigenvalue weighted by Gasteiger charge is 1.82. The summed E-state index contributed by atoms with van der Waals surface area (Å²) in [5.41, 5.74) is 0. The summed E-state index contributed by atoms with van der Waals surface area (Å²) in [6.45, 7) is 8.88. The standard InChI is InChI=1S/C5H12NP/c1-4-5-6-7(2)3/h4,6H,1,5H2,2-3H3. The third-order valence-electron chi connectivity index (χ3n) is 0.552. The van der Waals surface area contributed by atoms with E-state index in [0.29, 0.717) is 0 Å². The van der Waals surface area contributed by atoms with Gasteiger partial charge in [0.25, 0.3) is 0 Å². The zero-order valence-electron chi connectivity index (χ0n) is 4.94. The van der Waals surface area contributed by atoms with Gasteiger partial charge in [-0.1, -0.05) is 6.08 Å². The van der Waals surface area contributed by atoms with E-state index < -0.39 is 0 Å². The predicted molar refractivity (Wildman–Crippen MR) is 37.0 cm³/mol. The summed E-state index contributed by atoms with van der Waals surface area (Å²) in [6.07, 6.45) is 1.88. The minimum absolute atomic E-state index is 0.0724. The van der Waals surface area contributed by atoms with Crippen molar-refractivity contribution in [1.82, 2.24) is 5.09 Å². The Morgan fingerprint density at radius 3 is 2.43 bits per heavy atom. The molecule has 0 rings (SSSR count). The normalized spacial score (nSPS) is 9.57. The summed E-state index contributed by atoms with van der Waals surface area (Å²) in [6, 6.07) is 0. The molecule has 0 aromatic heterocycles. The maximum atomic E-state index is 3.58. The first-order valence-electron chi connectivity index (χ1n) is 2.29. The molecule has 1 nitrogen and oxygen atoms in total. The van der Waals surface area contributed by atoms with Crippen LogP contribution in [0.5, 0.6) is 0 Å². The Hall–Kier alpha value is 0.130. The summed E-state index contributed by atoms with van der Waals surface area (Å²) in [4.78, 5) is 0. The van der Waals surface area contributed by atoms with Gasteiger partial charge in [-0.15, -0.1) is 6.58 Å². The first-order chi connectivity index (χ1) is 3.27. The van der Waals surface area contributed by atoms with Crippen molar-refractivity contribution >= 4 is 8.07 Å². The fourth-order valence-electron chi connectivity index (χ4n) is 0.247. The second-order valence-electron chi connectivity index (χ2n) is 1.55. The Labute approximate surface area is 46.6 Å². The predicted octanol–water partition coefficient (Wildman–Crippen LogP) is 1.42. The van der Waals surface area contributed by atoms with E-state index in [1.165, 1.54) is 0 Å². The number of hydrogen-bond donors (Lipinski definition) is 1. The average Bonchev–Trinajstić information content (AvgIpc) is 1.61. The van der Waals surface area contributed by atoms with Crippen LogP contribution in [0.1, 0.15) is 0 Å². The van der Waals surface area contributed by atoms with Gasteiger partial charge in [-0.05, 0) is 21.4 Å². The summed E-state index contributed by atoms with van der Waals surface area (Å²) >= 11 is 0. The Kier molecular flexibility index (Phi) is 4.37. The highest BCUT2D eigenvalue weighted by molar-refractivity contribution is 7.53. The number of nitrogens with one attached hydrogen (secondary N) is 1. The fourth-order valence-corrected chi connectivity index (χ4v) is 0.741. The van der Waals surface area contributed by atoms with Crippen molar-refractivity contribution in [2.24, 2.45) is 0 Å². The van der Waals surface area contributed by atoms with Crippen LogP contribution in [-0.4, -0.2) is 19.9 Å². The largest absolute Gasteiger partial charge is 0.292 e. The molecule has 0 amide bonds. The lowest BCUT2D eigenvalue weighted by molar-refractivity contribution is 1.11. The molecule has 0 aliphatic heterocycles. The summed E-state index contributed by atoms with van der Waals surface area (Å²) in [5.74, 6) is 0. The molecule has 0 spiro atoms. The van der Waals surface area contributed by atoms with Gasteiger partial charge in [0.05, 0.1) is 0 Å². The van der Waals surface area contributed by atoms with E-state index in [9.17, 15) is 0 Å². The van der Waals surface area contributed by atoms with Crippen LogP contribution in [0.3, 0.4) is 0 Å². The summed E-state index contributed by atoms with van der Waals surface area (Å²) in [7, 11) is 0.0724. The smallest absolute Gasteiger partial charge is 0.0168 e. The molecule has 2 heteroatoms. The molecule has 0 saturated heterocycles. The maximum Gasteiger partial charge on any atom is 0.0168 e. The van der Waals surface area contributed by atoms with Gasteiger partial charge in [0, 0.05) is 6.54 Å². The van der Waals surface area contributed by atoms with Gasteiger partial charge in [-0.3, -0.25) is 5.09 Å². The minimum Gasteiger partial charge on any atom is -0.292 e. The molecule has 1 N–H and O–H groups in total. The molecule has 0 aromatic carbocycles. The first-order valence-corrected chi connectivity index (χ1v) is 4.52. The molecule has 0 fully saturated rings. The zero-order chi connectivity index (χ0) is 5.70. The van der Waals surface area contributed by atoms with E-state index in [1.807, 2.05) is 6.08 Å². The van der Waals surface area contributed by atoms with Gasteiger partial charge >= 0.3 is 0 Å². The molecule has 0 unspecified atom stereocenters. The van der Waals surface area contributed by atoms with E-state index in [1.54, 1.807) is 0 Å². The van der Waals surface area contributed by atoms with Gasteiger partial charge < -0.3 is 0 Å². The van der Waals surface area contributed by atoms with Crippen LogP contribution in [-0.2, 0) is 0 Å². The SMILES string of the molecule is C=CCNP(C)C. The van der Waals surface area contributed by atoms with E-state index >= 15 is 0 Å². The molecular weight excluding hydrogens is 105 g/mol. The average molecular weight is 117 g/mol. The van der Waals surface area contributed by atoms with Crippen LogP contribution in [0.2, 0.25) is 0 Å². The van der Waals surface area contributed by atoms with Crippen LogP contribution in [0.15, 0.2) is 12.7 Å². The van der Waals surface area contributed by atoms with E-state index in [2.05, 4.69) is 25.0 Å². The molecule has 0 aromatic rings. The Balaban J connectivity index is 2.81. The Morgan fingerprint density at radius 2 is 2.29 bits per heavy atom. The summed E-state index contributed by atoms with van der Waals surface area (Å²) in [5, 5.41) is 3.24. The second kappa shape index (κ2) is 4.29. The zero-order valence-corrected chi connectivity index (χ0v) is 5.83. The van der Waals surface area contributed by atoms with Crippen molar-refractivity contribution in [3.63, 3.8) is 0 Å². The van der Waals surface area contributed by atoms with E-state index in [-0.39, 0.29) is 8.07 Å². The molecule has 0 radical (unpaired) electrons. The van der Waals surface area contributed by atoms with Gasteiger partial charge in [0.1, 0.15) is 0 Å². The van der Waals surface area contributed by atoms with Crippen molar-refractivity contribution in [1.29, 1.82) is 0 Å². The van der Waals surface area contributed by atoms with E-state index in [4.69, 9.17) is 0 Å². The molecule has 0 aliphatic rings. The van der Waals surface area contributed by atoms with Crippen LogP contribution in [0.25, 0.3) is 0 Å². The maximum absolute atomic E-state index is 3.58. The van der Waals surface area contributed by atoms with Crippen molar-refractivity contribution in [3.05, 3.63) is 12.7 Å². The van der Waals surface area contributed by atoms with Crippen molar-refractivity contribution in [2.75, 3.05) is 19.9 Å². The van der Waals surface area contributed by atoms with Crippen LogP contribution < -0.4 is 5.09 Å². The van der Waals surface area contributed by atoms with Crippen molar-refractivity contribution < 1.29 is 0 Å². The third-order valence-corrected chi connectivity index (χ3v) is 1.37. The third kappa shape index (κ3) is 6.13. The lowest BCUT2D eigenvalue weighted by atomic mass is 10.7. The first kappa shape index (κ1) is 7.13. The van der Waals surface area contributed by atoms with E-state index in [0.717, 1.165) is 6.54 Å². The van der Waals surface area contributed by atoms with Crippen LogP contribution in [0, 0.1) is 0 Å². The van der Waals surface area contributed by atoms with Crippen molar-refractivity contribution in [3.8, 4) is 0 Å². The highest BCUT2D eigenvalue weighted by atomic mass is 31.1. The molecule has 0 aliphatic carbocycles. The monoisotopic (exact) mass is 117 g/mol. The molecule has 0 bridgehead atoms. The Bertz CT molecular complexity index is 52.0. The number of hydrogen-bond acceptors (Lipinski definition) is 1. The molecular formula is C5H12NP. The molecule has 42 valence electrons. The molecule has 0 atom stereocenters. The highest BCUT2D eigenvalue weighted by Crippen LogP contribution is 2.15. The quantitative estimate of drug-likeness (QED) is 0.435. The molecule has 0 heterocycles. The van der Waals surface area contributed by atoms with Crippen LogP contribution >= 0.6 is 8.07 Å².